The SMILES string of the molecule is COCc1c(C(=O)O)nnn1Cc1cn(C)nn1. The highest BCUT2D eigenvalue weighted by atomic mass is 16.5. The molecule has 9 heteroatoms. The molecule has 0 fully saturated rings. The highest BCUT2D eigenvalue weighted by Gasteiger charge is 2.19. The molecule has 0 bridgehead atoms. The Kier molecular flexibility index (Phi) is 3.33. The van der Waals surface area contributed by atoms with E-state index in [0.29, 0.717) is 17.9 Å². The molecule has 1 N–H and O–H groups in total. The van der Waals surface area contributed by atoms with Crippen LogP contribution in [0.5, 0.6) is 0 Å². The molecule has 2 aromatic rings. The molecule has 0 saturated heterocycles. The fraction of sp³-hybridized carbons (Fsp3) is 0.444. The van der Waals surface area contributed by atoms with Gasteiger partial charge in [-0.1, -0.05) is 10.4 Å². The molecule has 0 radical (unpaired) electrons. The van der Waals surface area contributed by atoms with Crippen molar-refractivity contribution in [3.05, 3.63) is 23.3 Å². The van der Waals surface area contributed by atoms with Gasteiger partial charge in [0.15, 0.2) is 5.69 Å². The van der Waals surface area contributed by atoms with E-state index in [1.54, 1.807) is 17.9 Å². The average molecular weight is 252 g/mol. The van der Waals surface area contributed by atoms with Crippen LogP contribution < -0.4 is 0 Å². The fourth-order valence-electron chi connectivity index (χ4n) is 1.53. The Morgan fingerprint density at radius 1 is 1.44 bits per heavy atom. The summed E-state index contributed by atoms with van der Waals surface area (Å²) in [5, 5.41) is 24.1. The molecule has 0 aromatic carbocycles. The maximum Gasteiger partial charge on any atom is 0.358 e. The lowest BCUT2D eigenvalue weighted by Gasteiger charge is -2.03. The minimum atomic E-state index is -1.13. The van der Waals surface area contributed by atoms with E-state index in [4.69, 9.17) is 9.84 Å². The van der Waals surface area contributed by atoms with Crippen LogP contribution in [0.2, 0.25) is 0 Å². The molecule has 18 heavy (non-hydrogen) atoms. The first-order valence-electron chi connectivity index (χ1n) is 5.11. The topological polar surface area (TPSA) is 108 Å². The van der Waals surface area contributed by atoms with Crippen molar-refractivity contribution >= 4 is 5.97 Å². The van der Waals surface area contributed by atoms with Gasteiger partial charge in [-0.15, -0.1) is 10.2 Å². The Labute approximate surface area is 102 Å². The van der Waals surface area contributed by atoms with E-state index < -0.39 is 5.97 Å². The number of hydrogen-bond acceptors (Lipinski definition) is 6. The summed E-state index contributed by atoms with van der Waals surface area (Å²) in [6, 6.07) is 0. The monoisotopic (exact) mass is 252 g/mol. The lowest BCUT2D eigenvalue weighted by molar-refractivity contribution is 0.0684. The molecular formula is C9H12N6O3. The summed E-state index contributed by atoms with van der Waals surface area (Å²) in [4.78, 5) is 11.0. The van der Waals surface area contributed by atoms with E-state index in [1.807, 2.05) is 0 Å². The summed E-state index contributed by atoms with van der Waals surface area (Å²) < 4.78 is 7.95. The Morgan fingerprint density at radius 3 is 2.78 bits per heavy atom. The number of aromatic nitrogens is 6. The number of hydrogen-bond donors (Lipinski definition) is 1. The fourth-order valence-corrected chi connectivity index (χ4v) is 1.53. The molecule has 2 aromatic heterocycles. The summed E-state index contributed by atoms with van der Waals surface area (Å²) in [6.45, 7) is 0.418. The zero-order valence-corrected chi connectivity index (χ0v) is 9.94. The van der Waals surface area contributed by atoms with Crippen LogP contribution in [0, 0.1) is 0 Å². The zero-order valence-electron chi connectivity index (χ0n) is 9.94. The van der Waals surface area contributed by atoms with Crippen molar-refractivity contribution in [2.75, 3.05) is 7.11 Å². The van der Waals surface area contributed by atoms with Crippen molar-refractivity contribution in [1.82, 2.24) is 30.0 Å². The molecule has 0 spiro atoms. The van der Waals surface area contributed by atoms with Gasteiger partial charge in [0.1, 0.15) is 5.69 Å². The molecule has 0 aliphatic rings. The molecule has 0 atom stereocenters. The van der Waals surface area contributed by atoms with Gasteiger partial charge in [0.05, 0.1) is 18.8 Å². The van der Waals surface area contributed by atoms with Crippen molar-refractivity contribution in [2.45, 2.75) is 13.2 Å². The first-order valence-corrected chi connectivity index (χ1v) is 5.11. The number of aryl methyl sites for hydroxylation is 1. The Bertz CT molecular complexity index is 560. The Balaban J connectivity index is 2.29. The maximum absolute atomic E-state index is 11.0. The summed E-state index contributed by atoms with van der Waals surface area (Å²) >= 11 is 0. The van der Waals surface area contributed by atoms with E-state index in [9.17, 15) is 4.79 Å². The lowest BCUT2D eigenvalue weighted by Crippen LogP contribution is -2.10. The summed E-state index contributed by atoms with van der Waals surface area (Å²) in [5.74, 6) is -1.13. The Morgan fingerprint density at radius 2 is 2.22 bits per heavy atom. The van der Waals surface area contributed by atoms with Crippen LogP contribution in [0.4, 0.5) is 0 Å². The lowest BCUT2D eigenvalue weighted by atomic mass is 10.3. The predicted octanol–water partition coefficient (Wildman–Crippen LogP) is -0.701. The predicted molar refractivity (Wildman–Crippen MR) is 57.8 cm³/mol. The highest BCUT2D eigenvalue weighted by molar-refractivity contribution is 5.86. The van der Waals surface area contributed by atoms with Gasteiger partial charge in [-0.05, 0) is 0 Å². The van der Waals surface area contributed by atoms with Crippen LogP contribution in [0.15, 0.2) is 6.20 Å². The molecule has 9 nitrogen and oxygen atoms in total. The van der Waals surface area contributed by atoms with Gasteiger partial charge in [-0.3, -0.25) is 4.68 Å². The van der Waals surface area contributed by atoms with E-state index in [0.717, 1.165) is 0 Å². The van der Waals surface area contributed by atoms with Crippen LogP contribution in [-0.4, -0.2) is 48.2 Å². The van der Waals surface area contributed by atoms with Crippen LogP contribution in [0.3, 0.4) is 0 Å². The highest BCUT2D eigenvalue weighted by Crippen LogP contribution is 2.09. The van der Waals surface area contributed by atoms with Gasteiger partial charge in [0.2, 0.25) is 0 Å². The average Bonchev–Trinajstić information content (AvgIpc) is 2.88. The van der Waals surface area contributed by atoms with Crippen molar-refractivity contribution in [2.24, 2.45) is 7.05 Å². The van der Waals surface area contributed by atoms with E-state index in [2.05, 4.69) is 20.6 Å². The normalized spacial score (nSPS) is 10.8. The number of carbonyl (C=O) groups is 1. The summed E-state index contributed by atoms with van der Waals surface area (Å²) in [7, 11) is 3.22. The van der Waals surface area contributed by atoms with Crippen LogP contribution in [0.25, 0.3) is 0 Å². The third-order valence-electron chi connectivity index (χ3n) is 2.28. The van der Waals surface area contributed by atoms with Crippen molar-refractivity contribution in [3.8, 4) is 0 Å². The third kappa shape index (κ3) is 2.35. The Hall–Kier alpha value is -2.29. The van der Waals surface area contributed by atoms with Gasteiger partial charge in [-0.25, -0.2) is 9.48 Å². The standard InChI is InChI=1S/C9H12N6O3/c1-14-3-6(10-12-14)4-15-7(5-18-2)8(9(16)17)11-13-15/h3H,4-5H2,1-2H3,(H,16,17). The molecule has 0 unspecified atom stereocenters. The van der Waals surface area contributed by atoms with Crippen molar-refractivity contribution < 1.29 is 14.6 Å². The number of aromatic carboxylic acids is 1. The smallest absolute Gasteiger partial charge is 0.358 e. The first kappa shape index (κ1) is 12.2. The molecular weight excluding hydrogens is 240 g/mol. The zero-order chi connectivity index (χ0) is 13.1. The van der Waals surface area contributed by atoms with Gasteiger partial charge in [-0.2, -0.15) is 0 Å². The van der Waals surface area contributed by atoms with Gasteiger partial charge < -0.3 is 9.84 Å². The van der Waals surface area contributed by atoms with Gasteiger partial charge in [0.25, 0.3) is 0 Å². The van der Waals surface area contributed by atoms with E-state index in [-0.39, 0.29) is 12.3 Å². The number of ether oxygens (including phenoxy) is 1. The van der Waals surface area contributed by atoms with Crippen molar-refractivity contribution in [3.63, 3.8) is 0 Å². The molecule has 0 aliphatic heterocycles. The number of carboxylic acid groups (broad SMARTS) is 1. The first-order chi connectivity index (χ1) is 8.61. The second-order valence-electron chi connectivity index (χ2n) is 3.66. The van der Waals surface area contributed by atoms with Crippen LogP contribution in [-0.2, 0) is 24.9 Å². The maximum atomic E-state index is 11.0. The molecule has 2 heterocycles. The molecule has 2 rings (SSSR count). The van der Waals surface area contributed by atoms with Crippen LogP contribution >= 0.6 is 0 Å². The summed E-state index contributed by atoms with van der Waals surface area (Å²) in [6.07, 6.45) is 1.72. The summed E-state index contributed by atoms with van der Waals surface area (Å²) in [5.41, 5.74) is 0.952. The molecule has 96 valence electrons. The number of methoxy groups -OCH3 is 1. The van der Waals surface area contributed by atoms with Crippen molar-refractivity contribution in [1.29, 1.82) is 0 Å². The second kappa shape index (κ2) is 4.92. The minimum absolute atomic E-state index is 0.110. The number of carboxylic acids is 1. The van der Waals surface area contributed by atoms with Gasteiger partial charge in [0, 0.05) is 20.4 Å². The van der Waals surface area contributed by atoms with Gasteiger partial charge >= 0.3 is 5.97 Å². The third-order valence-corrected chi connectivity index (χ3v) is 2.28. The quantitative estimate of drug-likeness (QED) is 0.749. The number of rotatable bonds is 5. The van der Waals surface area contributed by atoms with Crippen LogP contribution in [0.1, 0.15) is 21.9 Å². The minimum Gasteiger partial charge on any atom is -0.476 e. The van der Waals surface area contributed by atoms with E-state index >= 15 is 0 Å². The number of nitrogens with zero attached hydrogens (tertiary/aromatic N) is 6. The van der Waals surface area contributed by atoms with E-state index in [1.165, 1.54) is 11.8 Å². The molecule has 0 aliphatic carbocycles. The second-order valence-corrected chi connectivity index (χ2v) is 3.66. The largest absolute Gasteiger partial charge is 0.476 e. The molecule has 0 amide bonds. The molecule has 0 saturated carbocycles.